The molecular formula is C13H26N2O2. The average Bonchev–Trinajstić information content (AvgIpc) is 2.21. The molecule has 17 heavy (non-hydrogen) atoms. The van der Waals surface area contributed by atoms with Crippen LogP contribution in [0.4, 0.5) is 0 Å². The van der Waals surface area contributed by atoms with Crippen LogP contribution in [0.2, 0.25) is 0 Å². The van der Waals surface area contributed by atoms with Crippen molar-refractivity contribution in [3.63, 3.8) is 0 Å². The van der Waals surface area contributed by atoms with E-state index < -0.39 is 0 Å². The summed E-state index contributed by atoms with van der Waals surface area (Å²) in [6, 6.07) is 0. The lowest BCUT2D eigenvalue weighted by atomic mass is 9.80. The maximum atomic E-state index is 11.7. The molecule has 1 fully saturated rings. The lowest BCUT2D eigenvalue weighted by molar-refractivity contribution is -0.122. The topological polar surface area (TPSA) is 50.4 Å². The first-order valence-corrected chi connectivity index (χ1v) is 6.50. The van der Waals surface area contributed by atoms with E-state index in [1.807, 2.05) is 13.8 Å². The Morgan fingerprint density at radius 3 is 2.47 bits per heavy atom. The summed E-state index contributed by atoms with van der Waals surface area (Å²) in [4.78, 5) is 11.7. The summed E-state index contributed by atoms with van der Waals surface area (Å²) in [5.74, 6) is 0.0578. The van der Waals surface area contributed by atoms with Gasteiger partial charge in [0, 0.05) is 19.2 Å². The minimum atomic E-state index is -0.117. The van der Waals surface area contributed by atoms with Crippen molar-refractivity contribution < 1.29 is 9.53 Å². The second-order valence-corrected chi connectivity index (χ2v) is 5.63. The molecule has 0 aromatic carbocycles. The molecular weight excluding hydrogens is 216 g/mol. The normalized spacial score (nSPS) is 18.6. The summed E-state index contributed by atoms with van der Waals surface area (Å²) in [5.41, 5.74) is -0.130. The number of ether oxygens (including phenoxy) is 1. The van der Waals surface area contributed by atoms with E-state index in [0.29, 0.717) is 6.54 Å². The molecule has 2 N–H and O–H groups in total. The number of nitrogens with one attached hydrogen (secondary N) is 2. The van der Waals surface area contributed by atoms with Crippen molar-refractivity contribution in [2.45, 2.75) is 57.6 Å². The number of carbonyl (C=O) groups is 1. The molecule has 0 aliphatic heterocycles. The summed E-state index contributed by atoms with van der Waals surface area (Å²) < 4.78 is 5.48. The van der Waals surface area contributed by atoms with Gasteiger partial charge < -0.3 is 15.4 Å². The molecule has 4 heteroatoms. The van der Waals surface area contributed by atoms with E-state index in [2.05, 4.69) is 17.6 Å². The van der Waals surface area contributed by atoms with Gasteiger partial charge in [-0.25, -0.2) is 0 Å². The third-order valence-electron chi connectivity index (χ3n) is 3.79. The van der Waals surface area contributed by atoms with Gasteiger partial charge in [-0.2, -0.15) is 0 Å². The van der Waals surface area contributed by atoms with Crippen molar-refractivity contribution in [1.29, 1.82) is 0 Å². The fourth-order valence-corrected chi connectivity index (χ4v) is 1.94. The molecule has 0 aromatic rings. The fourth-order valence-electron chi connectivity index (χ4n) is 1.94. The van der Waals surface area contributed by atoms with Crippen LogP contribution in [-0.2, 0) is 9.53 Å². The van der Waals surface area contributed by atoms with Crippen LogP contribution in [0.1, 0.15) is 46.5 Å². The molecule has 0 bridgehead atoms. The largest absolute Gasteiger partial charge is 0.377 e. The Kier molecular flexibility index (Phi) is 4.95. The number of hydrogen-bond donors (Lipinski definition) is 2. The van der Waals surface area contributed by atoms with Gasteiger partial charge in [0.2, 0.25) is 5.91 Å². The van der Waals surface area contributed by atoms with Crippen LogP contribution >= 0.6 is 0 Å². The number of carbonyl (C=O) groups excluding carboxylic acids is 1. The molecule has 0 aromatic heterocycles. The van der Waals surface area contributed by atoms with Crippen LogP contribution in [0, 0.1) is 0 Å². The minimum absolute atomic E-state index is 0.0133. The Morgan fingerprint density at radius 2 is 2.06 bits per heavy atom. The van der Waals surface area contributed by atoms with Crippen LogP contribution in [0.3, 0.4) is 0 Å². The van der Waals surface area contributed by atoms with E-state index in [9.17, 15) is 4.79 Å². The Bertz CT molecular complexity index is 255. The highest BCUT2D eigenvalue weighted by Gasteiger charge is 2.36. The first-order valence-electron chi connectivity index (χ1n) is 6.50. The first-order chi connectivity index (χ1) is 7.93. The zero-order valence-electron chi connectivity index (χ0n) is 11.6. The Labute approximate surface area is 104 Å². The standard InChI is InChI=1S/C13H26N2O2/c1-5-12(2,3)15-11(16)9-14-10-13(17-4)7-6-8-13/h14H,5-10H2,1-4H3,(H,15,16). The molecule has 1 saturated carbocycles. The maximum absolute atomic E-state index is 11.7. The van der Waals surface area contributed by atoms with E-state index >= 15 is 0 Å². The number of hydrogen-bond acceptors (Lipinski definition) is 3. The third kappa shape index (κ3) is 4.28. The van der Waals surface area contributed by atoms with Gasteiger partial charge >= 0.3 is 0 Å². The van der Waals surface area contributed by atoms with E-state index in [0.717, 1.165) is 25.8 Å². The van der Waals surface area contributed by atoms with Gasteiger partial charge in [-0.1, -0.05) is 6.92 Å². The molecule has 0 unspecified atom stereocenters. The summed E-state index contributed by atoms with van der Waals surface area (Å²) in [7, 11) is 1.75. The quantitative estimate of drug-likeness (QED) is 0.710. The minimum Gasteiger partial charge on any atom is -0.377 e. The summed E-state index contributed by atoms with van der Waals surface area (Å²) >= 11 is 0. The molecule has 0 spiro atoms. The van der Waals surface area contributed by atoms with E-state index in [-0.39, 0.29) is 17.0 Å². The molecule has 1 aliphatic rings. The van der Waals surface area contributed by atoms with E-state index in [1.165, 1.54) is 6.42 Å². The molecule has 0 atom stereocenters. The Balaban J connectivity index is 2.20. The highest BCUT2D eigenvalue weighted by Crippen LogP contribution is 2.34. The number of amides is 1. The second-order valence-electron chi connectivity index (χ2n) is 5.63. The van der Waals surface area contributed by atoms with Gasteiger partial charge in [0.15, 0.2) is 0 Å². The zero-order chi connectivity index (χ0) is 12.9. The second kappa shape index (κ2) is 5.83. The molecule has 1 amide bonds. The van der Waals surface area contributed by atoms with Gasteiger partial charge in [0.05, 0.1) is 12.1 Å². The Morgan fingerprint density at radius 1 is 1.41 bits per heavy atom. The molecule has 1 rings (SSSR count). The summed E-state index contributed by atoms with van der Waals surface area (Å²) in [5, 5.41) is 6.19. The highest BCUT2D eigenvalue weighted by molar-refractivity contribution is 5.78. The monoisotopic (exact) mass is 242 g/mol. The lowest BCUT2D eigenvalue weighted by Gasteiger charge is -2.40. The summed E-state index contributed by atoms with van der Waals surface area (Å²) in [6.45, 7) is 7.28. The third-order valence-corrected chi connectivity index (χ3v) is 3.79. The average molecular weight is 242 g/mol. The molecule has 0 saturated heterocycles. The van der Waals surface area contributed by atoms with Crippen LogP contribution in [0.5, 0.6) is 0 Å². The van der Waals surface area contributed by atoms with Gasteiger partial charge in [0.1, 0.15) is 0 Å². The SMILES string of the molecule is CCC(C)(C)NC(=O)CNCC1(OC)CCC1. The van der Waals surface area contributed by atoms with Gasteiger partial charge in [0.25, 0.3) is 0 Å². The lowest BCUT2D eigenvalue weighted by Crippen LogP contribution is -2.51. The maximum Gasteiger partial charge on any atom is 0.234 e. The number of methoxy groups -OCH3 is 1. The van der Waals surface area contributed by atoms with Crippen LogP contribution in [-0.4, -0.2) is 37.2 Å². The molecule has 1 aliphatic carbocycles. The van der Waals surface area contributed by atoms with E-state index in [4.69, 9.17) is 4.74 Å². The van der Waals surface area contributed by atoms with E-state index in [1.54, 1.807) is 7.11 Å². The van der Waals surface area contributed by atoms with Gasteiger partial charge in [-0.05, 0) is 39.5 Å². The smallest absolute Gasteiger partial charge is 0.234 e. The van der Waals surface area contributed by atoms with Crippen molar-refractivity contribution in [3.05, 3.63) is 0 Å². The predicted molar refractivity (Wildman–Crippen MR) is 69.0 cm³/mol. The van der Waals surface area contributed by atoms with Gasteiger partial charge in [-0.3, -0.25) is 4.79 Å². The van der Waals surface area contributed by atoms with Crippen molar-refractivity contribution >= 4 is 5.91 Å². The Hall–Kier alpha value is -0.610. The molecule has 0 radical (unpaired) electrons. The van der Waals surface area contributed by atoms with Crippen LogP contribution in [0.15, 0.2) is 0 Å². The first kappa shape index (κ1) is 14.5. The van der Waals surface area contributed by atoms with Gasteiger partial charge in [-0.15, -0.1) is 0 Å². The molecule has 4 nitrogen and oxygen atoms in total. The van der Waals surface area contributed by atoms with Crippen molar-refractivity contribution in [1.82, 2.24) is 10.6 Å². The predicted octanol–water partition coefficient (Wildman–Crippen LogP) is 1.45. The van der Waals surface area contributed by atoms with Crippen LogP contribution in [0.25, 0.3) is 0 Å². The molecule has 0 heterocycles. The summed E-state index contributed by atoms with van der Waals surface area (Å²) in [6.07, 6.45) is 4.35. The number of rotatable bonds is 7. The highest BCUT2D eigenvalue weighted by atomic mass is 16.5. The fraction of sp³-hybridized carbons (Fsp3) is 0.923. The van der Waals surface area contributed by atoms with Crippen LogP contribution < -0.4 is 10.6 Å². The van der Waals surface area contributed by atoms with Crippen molar-refractivity contribution in [3.8, 4) is 0 Å². The van der Waals surface area contributed by atoms with Crippen molar-refractivity contribution in [2.24, 2.45) is 0 Å². The van der Waals surface area contributed by atoms with Crippen molar-refractivity contribution in [2.75, 3.05) is 20.2 Å². The molecule has 100 valence electrons. The zero-order valence-corrected chi connectivity index (χ0v) is 11.6.